The van der Waals surface area contributed by atoms with Gasteiger partial charge in [0.15, 0.2) is 16.7 Å². The molecule has 3 atom stereocenters. The standard InChI is InChI=1S/C36H46N10O4S/c1-36(2,3)31-21-33(46(42-31)25-22-37-44(23-25)19-10-20-49-51(4)48)39-34(47)38-29-14-15-30(28-12-7-6-11-27(28)29)50-26-13-16-32-40-41-35(45(32)24-26)43-17-8-5-9-18-43/h6-7,11-13,16,21-24,29-30H,5,8-10,14-15,17-20H2,1-4H3,(H2,38,39,47)/t29-,30+,51?/m0/s1. The number of fused-ring (bicyclic) bond motifs is 2. The van der Waals surface area contributed by atoms with E-state index in [1.807, 2.05) is 47.1 Å². The average Bonchev–Trinajstić information content (AvgIpc) is 3.87. The van der Waals surface area contributed by atoms with Gasteiger partial charge in [0.2, 0.25) is 5.95 Å². The number of hydrogen-bond acceptors (Lipinski definition) is 9. The molecule has 1 saturated heterocycles. The molecule has 51 heavy (non-hydrogen) atoms. The van der Waals surface area contributed by atoms with E-state index in [9.17, 15) is 9.00 Å². The SMILES string of the molecule is CS(=O)OCCCn1cc(-n2nc(C(C)(C)C)cc2NC(=O)N[C@H]2CC[C@@H](Oc3ccc4nnc(N5CCCCC5)n4c3)c3ccccc32)cn1. The van der Waals surface area contributed by atoms with E-state index < -0.39 is 11.1 Å². The van der Waals surface area contributed by atoms with Crippen LogP contribution in [-0.2, 0) is 27.2 Å². The zero-order valence-corrected chi connectivity index (χ0v) is 30.4. The Morgan fingerprint density at radius 3 is 2.61 bits per heavy atom. The van der Waals surface area contributed by atoms with E-state index in [2.05, 4.69) is 63.7 Å². The Bertz CT molecular complexity index is 2010. The van der Waals surface area contributed by atoms with E-state index in [-0.39, 0.29) is 23.6 Å². The van der Waals surface area contributed by atoms with Crippen molar-refractivity contribution in [3.63, 3.8) is 0 Å². The number of nitrogens with one attached hydrogen (secondary N) is 2. The van der Waals surface area contributed by atoms with Crippen molar-refractivity contribution in [3.8, 4) is 11.4 Å². The number of amides is 2. The fourth-order valence-electron chi connectivity index (χ4n) is 6.76. The van der Waals surface area contributed by atoms with Gasteiger partial charge in [-0.1, -0.05) is 45.0 Å². The molecule has 5 heterocycles. The van der Waals surface area contributed by atoms with Crippen LogP contribution in [0.25, 0.3) is 11.3 Å². The summed E-state index contributed by atoms with van der Waals surface area (Å²) in [5.74, 6) is 2.15. The van der Waals surface area contributed by atoms with Crippen LogP contribution in [0.3, 0.4) is 0 Å². The summed E-state index contributed by atoms with van der Waals surface area (Å²) in [4.78, 5) is 15.9. The number of carbonyl (C=O) groups is 1. The largest absolute Gasteiger partial charge is 0.484 e. The molecular formula is C36H46N10O4S. The number of aryl methyl sites for hydroxylation is 1. The monoisotopic (exact) mass is 714 g/mol. The number of ether oxygens (including phenoxy) is 1. The summed E-state index contributed by atoms with van der Waals surface area (Å²) in [6.45, 7) is 9.18. The number of nitrogens with zero attached hydrogens (tertiary/aromatic N) is 8. The molecule has 15 heteroatoms. The van der Waals surface area contributed by atoms with Gasteiger partial charge in [-0.05, 0) is 61.8 Å². The summed E-state index contributed by atoms with van der Waals surface area (Å²) in [7, 11) is 0. The Kier molecular flexibility index (Phi) is 10.1. The zero-order chi connectivity index (χ0) is 35.5. The van der Waals surface area contributed by atoms with Crippen LogP contribution in [0.4, 0.5) is 16.6 Å². The van der Waals surface area contributed by atoms with Crippen molar-refractivity contribution in [2.24, 2.45) is 0 Å². The molecule has 5 aromatic rings. The first-order valence-corrected chi connectivity index (χ1v) is 19.1. The Hall–Kier alpha value is -4.76. The highest BCUT2D eigenvalue weighted by Crippen LogP contribution is 2.39. The molecular weight excluding hydrogens is 669 g/mol. The quantitative estimate of drug-likeness (QED) is 0.160. The van der Waals surface area contributed by atoms with Gasteiger partial charge < -0.3 is 15.0 Å². The van der Waals surface area contributed by atoms with Crippen molar-refractivity contribution in [1.82, 2.24) is 39.5 Å². The second kappa shape index (κ2) is 14.8. The minimum atomic E-state index is -1.30. The predicted octanol–water partition coefficient (Wildman–Crippen LogP) is 5.88. The Balaban J connectivity index is 1.05. The first kappa shape index (κ1) is 34.7. The van der Waals surface area contributed by atoms with Crippen molar-refractivity contribution in [2.45, 2.75) is 83.4 Å². The fraction of sp³-hybridized carbons (Fsp3) is 0.472. The number of benzene rings is 1. The van der Waals surface area contributed by atoms with E-state index in [1.54, 1.807) is 15.6 Å². The van der Waals surface area contributed by atoms with Crippen LogP contribution >= 0.6 is 0 Å². The van der Waals surface area contributed by atoms with Gasteiger partial charge in [0, 0.05) is 37.4 Å². The van der Waals surface area contributed by atoms with Crippen molar-refractivity contribution >= 4 is 34.5 Å². The summed E-state index contributed by atoms with van der Waals surface area (Å²) in [6.07, 6.45) is 12.6. The average molecular weight is 715 g/mol. The lowest BCUT2D eigenvalue weighted by atomic mass is 9.85. The lowest BCUT2D eigenvalue weighted by Gasteiger charge is -2.32. The minimum Gasteiger partial charge on any atom is -0.484 e. The van der Waals surface area contributed by atoms with Gasteiger partial charge in [-0.2, -0.15) is 10.2 Å². The molecule has 2 aliphatic rings. The third-order valence-corrected chi connectivity index (χ3v) is 9.88. The topological polar surface area (TPSA) is 146 Å². The third kappa shape index (κ3) is 7.94. The number of urea groups is 1. The molecule has 1 aliphatic heterocycles. The number of aromatic nitrogens is 7. The second-order valence-electron chi connectivity index (χ2n) is 14.2. The fourth-order valence-corrected chi connectivity index (χ4v) is 7.11. The van der Waals surface area contributed by atoms with Crippen molar-refractivity contribution in [3.05, 3.63) is 77.9 Å². The maximum absolute atomic E-state index is 13.6. The van der Waals surface area contributed by atoms with Crippen LogP contribution < -0.4 is 20.3 Å². The van der Waals surface area contributed by atoms with Crippen LogP contribution in [0.15, 0.2) is 61.1 Å². The molecule has 7 rings (SSSR count). The van der Waals surface area contributed by atoms with Crippen molar-refractivity contribution in [1.29, 1.82) is 0 Å². The molecule has 0 radical (unpaired) electrons. The van der Waals surface area contributed by atoms with Crippen LogP contribution in [-0.4, -0.2) is 70.4 Å². The predicted molar refractivity (Wildman–Crippen MR) is 196 cm³/mol. The summed E-state index contributed by atoms with van der Waals surface area (Å²) < 4.78 is 28.5. The molecule has 1 aromatic carbocycles. The van der Waals surface area contributed by atoms with Gasteiger partial charge in [-0.25, -0.2) is 13.7 Å². The third-order valence-electron chi connectivity index (χ3n) is 9.38. The number of rotatable bonds is 11. The highest BCUT2D eigenvalue weighted by Gasteiger charge is 2.30. The minimum absolute atomic E-state index is 0.169. The molecule has 270 valence electrons. The highest BCUT2D eigenvalue weighted by molar-refractivity contribution is 7.79. The molecule has 0 bridgehead atoms. The normalized spacial score (nSPS) is 18.4. The smallest absolute Gasteiger partial charge is 0.320 e. The van der Waals surface area contributed by atoms with E-state index in [0.717, 1.165) is 72.2 Å². The Morgan fingerprint density at radius 1 is 1.02 bits per heavy atom. The summed E-state index contributed by atoms with van der Waals surface area (Å²) in [5, 5.41) is 24.5. The van der Waals surface area contributed by atoms with Gasteiger partial charge in [0.1, 0.15) is 23.4 Å². The van der Waals surface area contributed by atoms with Crippen LogP contribution in [0, 0.1) is 0 Å². The van der Waals surface area contributed by atoms with Crippen molar-refractivity contribution < 1.29 is 17.9 Å². The number of carbonyl (C=O) groups excluding carboxylic acids is 1. The molecule has 0 spiro atoms. The molecule has 1 fully saturated rings. The van der Waals surface area contributed by atoms with E-state index in [4.69, 9.17) is 14.0 Å². The Labute approximate surface area is 300 Å². The maximum Gasteiger partial charge on any atom is 0.320 e. The molecule has 2 N–H and O–H groups in total. The number of anilines is 2. The second-order valence-corrected chi connectivity index (χ2v) is 15.3. The molecule has 4 aromatic heterocycles. The first-order chi connectivity index (χ1) is 24.6. The molecule has 2 amide bonds. The van der Waals surface area contributed by atoms with Crippen molar-refractivity contribution in [2.75, 3.05) is 36.2 Å². The summed E-state index contributed by atoms with van der Waals surface area (Å²) >= 11 is -1.30. The van der Waals surface area contributed by atoms with E-state index >= 15 is 0 Å². The van der Waals surface area contributed by atoms with Gasteiger partial charge in [-0.3, -0.25) is 18.6 Å². The van der Waals surface area contributed by atoms with Gasteiger partial charge in [0.05, 0.1) is 36.9 Å². The van der Waals surface area contributed by atoms with E-state index in [0.29, 0.717) is 31.8 Å². The van der Waals surface area contributed by atoms with Gasteiger partial charge in [-0.15, -0.1) is 10.2 Å². The van der Waals surface area contributed by atoms with Crippen LogP contribution in [0.2, 0.25) is 0 Å². The zero-order valence-electron chi connectivity index (χ0n) is 29.6. The summed E-state index contributed by atoms with van der Waals surface area (Å²) in [6, 6.07) is 13.4. The summed E-state index contributed by atoms with van der Waals surface area (Å²) in [5.41, 5.74) is 4.19. The molecule has 14 nitrogen and oxygen atoms in total. The number of piperidine rings is 1. The first-order valence-electron chi connectivity index (χ1n) is 17.7. The molecule has 1 aliphatic carbocycles. The van der Waals surface area contributed by atoms with Crippen LogP contribution in [0.1, 0.15) is 88.3 Å². The highest BCUT2D eigenvalue weighted by atomic mass is 32.2. The Morgan fingerprint density at radius 2 is 1.82 bits per heavy atom. The lowest BCUT2D eigenvalue weighted by Crippen LogP contribution is -2.36. The van der Waals surface area contributed by atoms with Gasteiger partial charge in [0.25, 0.3) is 0 Å². The van der Waals surface area contributed by atoms with Gasteiger partial charge >= 0.3 is 6.03 Å². The molecule has 1 unspecified atom stereocenters. The molecule has 0 saturated carbocycles. The van der Waals surface area contributed by atoms with E-state index in [1.165, 1.54) is 12.7 Å². The van der Waals surface area contributed by atoms with Crippen LogP contribution in [0.5, 0.6) is 5.75 Å². The number of pyridine rings is 1. The maximum atomic E-state index is 13.6. The lowest BCUT2D eigenvalue weighted by molar-refractivity contribution is 0.171. The number of hydrogen-bond donors (Lipinski definition) is 2.